The number of hydrogen-bond acceptors (Lipinski definition) is 1. The summed E-state index contributed by atoms with van der Waals surface area (Å²) in [7, 11) is 0. The summed E-state index contributed by atoms with van der Waals surface area (Å²) in [5, 5.41) is 0. The molecule has 0 spiro atoms. The van der Waals surface area contributed by atoms with Gasteiger partial charge >= 0.3 is 0 Å². The molecule has 1 aromatic rings. The molecule has 2 aliphatic heterocycles. The molecular formula is C19H25N. The number of rotatable bonds is 3. The van der Waals surface area contributed by atoms with Crippen LogP contribution < -0.4 is 0 Å². The lowest BCUT2D eigenvalue weighted by atomic mass is 9.73. The van der Waals surface area contributed by atoms with Crippen LogP contribution >= 0.6 is 0 Å². The summed E-state index contributed by atoms with van der Waals surface area (Å²) in [6.45, 7) is 1.14. The molecule has 3 aliphatic rings. The maximum Gasteiger partial charge on any atom is 0.0287 e. The van der Waals surface area contributed by atoms with Crippen molar-refractivity contribution in [3.05, 3.63) is 47.5 Å². The van der Waals surface area contributed by atoms with E-state index in [0.717, 1.165) is 24.5 Å². The average Bonchev–Trinajstić information content (AvgIpc) is 2.39. The topological polar surface area (TPSA) is 3.24 Å². The van der Waals surface area contributed by atoms with Gasteiger partial charge in [0.2, 0.25) is 0 Å². The average molecular weight is 267 g/mol. The molecule has 0 aromatic heterocycles. The molecule has 1 nitrogen and oxygen atoms in total. The molecule has 1 aliphatic carbocycles. The highest BCUT2D eigenvalue weighted by atomic mass is 15.2. The van der Waals surface area contributed by atoms with Gasteiger partial charge < -0.3 is 0 Å². The maximum absolute atomic E-state index is 2.78. The molecule has 106 valence electrons. The maximum atomic E-state index is 2.78. The van der Waals surface area contributed by atoms with E-state index in [2.05, 4.69) is 41.3 Å². The van der Waals surface area contributed by atoms with Crippen LogP contribution in [0.1, 0.15) is 50.5 Å². The number of benzene rings is 1. The molecule has 0 amide bonds. The molecule has 1 heteroatoms. The van der Waals surface area contributed by atoms with E-state index < -0.39 is 0 Å². The molecule has 4 rings (SSSR count). The van der Waals surface area contributed by atoms with E-state index >= 15 is 0 Å². The van der Waals surface area contributed by atoms with Crippen molar-refractivity contribution in [2.24, 2.45) is 5.92 Å². The van der Waals surface area contributed by atoms with Gasteiger partial charge in [0.15, 0.2) is 0 Å². The minimum Gasteiger partial charge on any atom is -0.289 e. The summed E-state index contributed by atoms with van der Waals surface area (Å²) in [5.74, 6) is 0.956. The third-order valence-corrected chi connectivity index (χ3v) is 5.65. The van der Waals surface area contributed by atoms with E-state index in [1.54, 1.807) is 0 Å². The third kappa shape index (κ3) is 2.33. The van der Waals surface area contributed by atoms with Crippen LogP contribution in [0.5, 0.6) is 0 Å². The van der Waals surface area contributed by atoms with Gasteiger partial charge in [-0.3, -0.25) is 4.90 Å². The van der Waals surface area contributed by atoms with Crippen LogP contribution in [0, 0.1) is 5.92 Å². The fourth-order valence-electron chi connectivity index (χ4n) is 4.27. The van der Waals surface area contributed by atoms with E-state index in [1.165, 1.54) is 50.5 Å². The normalized spacial score (nSPS) is 30.7. The second-order valence-electron chi connectivity index (χ2n) is 6.88. The van der Waals surface area contributed by atoms with Crippen LogP contribution in [0.15, 0.2) is 42.0 Å². The predicted octanol–water partition coefficient (Wildman–Crippen LogP) is 4.54. The van der Waals surface area contributed by atoms with Gasteiger partial charge in [-0.1, -0.05) is 54.8 Å². The van der Waals surface area contributed by atoms with Crippen molar-refractivity contribution in [2.75, 3.05) is 0 Å². The summed E-state index contributed by atoms with van der Waals surface area (Å²) in [5.41, 5.74) is 3.29. The molecule has 2 heterocycles. The molecule has 2 fully saturated rings. The Balaban J connectivity index is 1.54. The standard InChI is InChI=1S/C19H25N/c1-2-6-15(7-3-1)14-20-18-10-5-11-19(20)13-17(12-18)16-8-4-9-16/h1-3,6-7,12,16,18-19H,4-5,8-11,13-14H2. The van der Waals surface area contributed by atoms with Gasteiger partial charge in [0, 0.05) is 18.6 Å². The molecule has 1 saturated carbocycles. The van der Waals surface area contributed by atoms with Gasteiger partial charge in [-0.05, 0) is 43.6 Å². The van der Waals surface area contributed by atoms with Crippen molar-refractivity contribution < 1.29 is 0 Å². The van der Waals surface area contributed by atoms with Gasteiger partial charge in [-0.25, -0.2) is 0 Å². The highest BCUT2D eigenvalue weighted by Crippen LogP contribution is 2.42. The van der Waals surface area contributed by atoms with Crippen molar-refractivity contribution in [3.63, 3.8) is 0 Å². The van der Waals surface area contributed by atoms with Gasteiger partial charge in [0.05, 0.1) is 0 Å². The van der Waals surface area contributed by atoms with Crippen LogP contribution in [-0.2, 0) is 6.54 Å². The fraction of sp³-hybridized carbons (Fsp3) is 0.579. The Morgan fingerprint density at radius 1 is 0.950 bits per heavy atom. The predicted molar refractivity (Wildman–Crippen MR) is 83.5 cm³/mol. The zero-order chi connectivity index (χ0) is 13.4. The molecule has 20 heavy (non-hydrogen) atoms. The van der Waals surface area contributed by atoms with Gasteiger partial charge in [-0.15, -0.1) is 0 Å². The first-order valence-electron chi connectivity index (χ1n) is 8.40. The first-order valence-corrected chi connectivity index (χ1v) is 8.40. The summed E-state index contributed by atoms with van der Waals surface area (Å²) in [6.07, 6.45) is 12.6. The molecular weight excluding hydrogens is 242 g/mol. The lowest BCUT2D eigenvalue weighted by molar-refractivity contribution is 0.0827. The second-order valence-corrected chi connectivity index (χ2v) is 6.88. The quantitative estimate of drug-likeness (QED) is 0.727. The first kappa shape index (κ1) is 12.6. The van der Waals surface area contributed by atoms with Gasteiger partial charge in [0.25, 0.3) is 0 Å². The zero-order valence-corrected chi connectivity index (χ0v) is 12.3. The summed E-state index contributed by atoms with van der Waals surface area (Å²) >= 11 is 0. The molecule has 2 unspecified atom stereocenters. The van der Waals surface area contributed by atoms with Crippen LogP contribution in [0.3, 0.4) is 0 Å². The Morgan fingerprint density at radius 3 is 2.45 bits per heavy atom. The molecule has 2 atom stereocenters. The summed E-state index contributed by atoms with van der Waals surface area (Å²) in [6, 6.07) is 12.6. The molecule has 0 N–H and O–H groups in total. The Bertz CT molecular complexity index is 486. The molecule has 1 aromatic carbocycles. The van der Waals surface area contributed by atoms with Crippen molar-refractivity contribution >= 4 is 0 Å². The Labute approximate surface area is 122 Å². The zero-order valence-electron chi connectivity index (χ0n) is 12.3. The smallest absolute Gasteiger partial charge is 0.0287 e. The Morgan fingerprint density at radius 2 is 1.75 bits per heavy atom. The lowest BCUT2D eigenvalue weighted by Gasteiger charge is -2.47. The van der Waals surface area contributed by atoms with E-state index in [9.17, 15) is 0 Å². The summed E-state index contributed by atoms with van der Waals surface area (Å²) < 4.78 is 0. The molecule has 2 bridgehead atoms. The molecule has 1 saturated heterocycles. The monoisotopic (exact) mass is 267 g/mol. The first-order chi connectivity index (χ1) is 9.90. The number of nitrogens with zero attached hydrogens (tertiary/aromatic N) is 1. The lowest BCUT2D eigenvalue weighted by Crippen LogP contribution is -2.48. The van der Waals surface area contributed by atoms with Crippen molar-refractivity contribution in [1.82, 2.24) is 4.90 Å². The molecule has 0 radical (unpaired) electrons. The minimum absolute atomic E-state index is 0.721. The fourth-order valence-corrected chi connectivity index (χ4v) is 4.27. The number of hydrogen-bond donors (Lipinski definition) is 0. The van der Waals surface area contributed by atoms with Crippen LogP contribution in [0.25, 0.3) is 0 Å². The van der Waals surface area contributed by atoms with Crippen LogP contribution in [0.4, 0.5) is 0 Å². The SMILES string of the molecule is C1=C(C2CCC2)CC2CCCC1N2Cc1ccccc1. The van der Waals surface area contributed by atoms with Crippen molar-refractivity contribution in [3.8, 4) is 0 Å². The summed E-state index contributed by atoms with van der Waals surface area (Å²) in [4.78, 5) is 2.78. The number of piperidine rings is 1. The Hall–Kier alpha value is -1.08. The van der Waals surface area contributed by atoms with Crippen LogP contribution in [-0.4, -0.2) is 17.0 Å². The highest BCUT2D eigenvalue weighted by Gasteiger charge is 2.36. The van der Waals surface area contributed by atoms with E-state index in [4.69, 9.17) is 0 Å². The third-order valence-electron chi connectivity index (χ3n) is 5.65. The van der Waals surface area contributed by atoms with Crippen molar-refractivity contribution in [1.29, 1.82) is 0 Å². The van der Waals surface area contributed by atoms with Gasteiger partial charge in [-0.2, -0.15) is 0 Å². The minimum atomic E-state index is 0.721. The van der Waals surface area contributed by atoms with Crippen LogP contribution in [0.2, 0.25) is 0 Å². The van der Waals surface area contributed by atoms with Gasteiger partial charge in [0.1, 0.15) is 0 Å². The Kier molecular flexibility index (Phi) is 3.39. The second kappa shape index (κ2) is 5.37. The van der Waals surface area contributed by atoms with E-state index in [0.29, 0.717) is 0 Å². The van der Waals surface area contributed by atoms with E-state index in [-0.39, 0.29) is 0 Å². The largest absolute Gasteiger partial charge is 0.289 e. The van der Waals surface area contributed by atoms with Crippen molar-refractivity contribution in [2.45, 2.75) is 63.6 Å². The highest BCUT2D eigenvalue weighted by molar-refractivity contribution is 5.22. The number of fused-ring (bicyclic) bond motifs is 2. The van der Waals surface area contributed by atoms with E-state index in [1.807, 2.05) is 5.57 Å².